The highest BCUT2D eigenvalue weighted by atomic mass is 19.1. The standard InChI is InChI=1S/C51H56FN5O16/c1-3-51(68)31-18-35-40-29(20-57(35)46(63)30(31)22-70-49(51)66)39-33(13-12-27-24(2)32(52)19-34(55-40)38(27)39)56-50(67)71-21-25-11-14-36(72-48-43(61)41(59)42(60)44(73-48)47(64)65)28(17-25)45(62)54-16-15-53-37(58)23-69-26-9-7-5-4-6-8-10-26/h11,14,17-19,26,33,37,41-44,48,53,58-61,68H,3-7,9,12-13,15-16,20-23H2,1-2H3,(H,54,62)(H,56,67)(H,64,65)/t26?,33-,37?,41-,42-,43+,44-,48+,51-/m0/s1. The fourth-order valence-electron chi connectivity index (χ4n) is 10.1. The maximum absolute atomic E-state index is 15.5. The van der Waals surface area contributed by atoms with Gasteiger partial charge in [0.15, 0.2) is 11.7 Å². The summed E-state index contributed by atoms with van der Waals surface area (Å²) in [7, 11) is 0. The number of carboxylic acids is 1. The van der Waals surface area contributed by atoms with Crippen LogP contribution in [0.4, 0.5) is 9.18 Å². The fraction of sp³-hybridized carbons (Fsp3) is 0.490. The number of aliphatic hydroxyl groups is 5. The van der Waals surface area contributed by atoms with Gasteiger partial charge in [-0.15, -0.1) is 5.92 Å². The molecule has 73 heavy (non-hydrogen) atoms. The first kappa shape index (κ1) is 51.4. The number of hydrogen-bond donors (Lipinski definition) is 9. The van der Waals surface area contributed by atoms with Crippen molar-refractivity contribution in [2.75, 3.05) is 19.7 Å². The van der Waals surface area contributed by atoms with Crippen molar-refractivity contribution in [1.82, 2.24) is 25.5 Å². The van der Waals surface area contributed by atoms with Crippen LogP contribution in [0.15, 0.2) is 35.1 Å². The lowest BCUT2D eigenvalue weighted by Gasteiger charge is -2.38. The number of nitrogens with one attached hydrogen (secondary N) is 3. The summed E-state index contributed by atoms with van der Waals surface area (Å²) in [5.74, 6) is 2.14. The zero-order valence-corrected chi connectivity index (χ0v) is 39.9. The van der Waals surface area contributed by atoms with Crippen molar-refractivity contribution < 1.29 is 77.9 Å². The molecule has 2 aliphatic carbocycles. The van der Waals surface area contributed by atoms with Gasteiger partial charge in [-0.3, -0.25) is 14.9 Å². The Morgan fingerprint density at radius 3 is 2.62 bits per heavy atom. The third-order valence-electron chi connectivity index (χ3n) is 14.2. The largest absolute Gasteiger partial charge is 0.479 e. The van der Waals surface area contributed by atoms with Crippen LogP contribution in [0.3, 0.4) is 0 Å². The summed E-state index contributed by atoms with van der Waals surface area (Å²) in [4.78, 5) is 71.2. The minimum atomic E-state index is -2.08. The number of ether oxygens (including phenoxy) is 5. The molecule has 9 N–H and O–H groups in total. The molecule has 1 saturated heterocycles. The van der Waals surface area contributed by atoms with Gasteiger partial charge in [-0.05, 0) is 85.9 Å². The molecule has 22 heteroatoms. The van der Waals surface area contributed by atoms with Crippen molar-refractivity contribution in [3.05, 3.63) is 91.0 Å². The van der Waals surface area contributed by atoms with Gasteiger partial charge < -0.3 is 69.5 Å². The van der Waals surface area contributed by atoms with Crippen molar-refractivity contribution in [2.45, 2.75) is 140 Å². The van der Waals surface area contributed by atoms with E-state index in [0.717, 1.165) is 32.1 Å². The maximum atomic E-state index is 15.5. The van der Waals surface area contributed by atoms with Crippen molar-refractivity contribution in [3.8, 4) is 29.0 Å². The predicted molar refractivity (Wildman–Crippen MR) is 252 cm³/mol. The number of carbonyl (C=O) groups is 4. The molecule has 0 radical (unpaired) electrons. The van der Waals surface area contributed by atoms with Crippen LogP contribution in [0.5, 0.6) is 5.75 Å². The van der Waals surface area contributed by atoms with E-state index >= 15 is 4.39 Å². The molecular weight excluding hydrogens is 958 g/mol. The smallest absolute Gasteiger partial charge is 0.407 e. The van der Waals surface area contributed by atoms with Crippen LogP contribution < -0.4 is 26.2 Å². The number of aromatic nitrogens is 2. The Hall–Kier alpha value is -6.55. The van der Waals surface area contributed by atoms with Crippen molar-refractivity contribution in [1.29, 1.82) is 0 Å². The molecular formula is C51H56FN5O16. The zero-order chi connectivity index (χ0) is 51.9. The number of fused-ring (bicyclic) bond motifs is 5. The SMILES string of the molecule is CC[C@@]1(O)C(=O)OCc2c1cc1n(c2=O)Cc2c-1nc1cc(F)c(C)c3c1c2[C@@H](NC(=O)OCc1ccc(O[C@@H]2O[C@H](C(=O)O)[C@@H](O)[C@H](O)[C@H]2O)c(C(=O)NCCNC(O)COC2C#CCCCCC2)c1)CC3. The molecule has 2 unspecified atom stereocenters. The first-order valence-electron chi connectivity index (χ1n) is 24.3. The van der Waals surface area contributed by atoms with Gasteiger partial charge in [0, 0.05) is 42.1 Å². The highest BCUT2D eigenvalue weighted by molar-refractivity contribution is 5.97. The molecule has 3 aliphatic heterocycles. The quantitative estimate of drug-likeness (QED) is 0.0312. The number of hydrogen-bond acceptors (Lipinski definition) is 17. The molecule has 5 heterocycles. The van der Waals surface area contributed by atoms with E-state index in [-0.39, 0.29) is 78.9 Å². The molecule has 2 aromatic carbocycles. The highest BCUT2D eigenvalue weighted by Gasteiger charge is 2.49. The number of cyclic esters (lactones) is 1. The number of aliphatic carboxylic acids is 1. The van der Waals surface area contributed by atoms with Gasteiger partial charge >= 0.3 is 18.0 Å². The van der Waals surface area contributed by atoms with E-state index in [1.165, 1.54) is 28.8 Å². The molecule has 2 aromatic heterocycles. The van der Waals surface area contributed by atoms with E-state index in [9.17, 15) is 54.6 Å². The Labute approximate surface area is 416 Å². The van der Waals surface area contributed by atoms with Crippen molar-refractivity contribution in [2.24, 2.45) is 0 Å². The molecule has 0 bridgehead atoms. The van der Waals surface area contributed by atoms with Gasteiger partial charge in [0.25, 0.3) is 11.5 Å². The number of rotatable bonds is 15. The number of nitrogens with zero attached hydrogens (tertiary/aromatic N) is 2. The number of halogens is 1. The second-order valence-corrected chi connectivity index (χ2v) is 18.8. The van der Waals surface area contributed by atoms with Crippen LogP contribution in [-0.4, -0.2) is 127 Å². The van der Waals surface area contributed by atoms with Gasteiger partial charge in [0.05, 0.1) is 47.2 Å². The number of alkyl carbamates (subject to hydrolysis) is 1. The number of carbonyl (C=O) groups excluding carboxylic acids is 3. The number of aliphatic hydroxyl groups excluding tert-OH is 4. The maximum Gasteiger partial charge on any atom is 0.407 e. The Bertz CT molecular complexity index is 2990. The molecule has 5 aliphatic rings. The monoisotopic (exact) mass is 1010 g/mol. The summed E-state index contributed by atoms with van der Waals surface area (Å²) in [6, 6.07) is 6.13. The number of pyridine rings is 2. The second kappa shape index (κ2) is 21.1. The van der Waals surface area contributed by atoms with Crippen LogP contribution in [-0.2, 0) is 60.3 Å². The van der Waals surface area contributed by atoms with E-state index in [0.29, 0.717) is 51.9 Å². The van der Waals surface area contributed by atoms with Crippen LogP contribution in [0.2, 0.25) is 0 Å². The van der Waals surface area contributed by atoms with Gasteiger partial charge in [-0.1, -0.05) is 25.3 Å². The lowest BCUT2D eigenvalue weighted by Crippen LogP contribution is -2.61. The van der Waals surface area contributed by atoms with Crippen LogP contribution in [0.25, 0.3) is 22.3 Å². The Morgan fingerprint density at radius 2 is 1.84 bits per heavy atom. The lowest BCUT2D eigenvalue weighted by molar-refractivity contribution is -0.271. The summed E-state index contributed by atoms with van der Waals surface area (Å²) in [6.07, 6.45) is -6.90. The number of esters is 1. The third kappa shape index (κ3) is 9.98. The second-order valence-electron chi connectivity index (χ2n) is 18.8. The number of aryl methyl sites for hydroxylation is 1. The van der Waals surface area contributed by atoms with Crippen LogP contribution in [0.1, 0.15) is 107 Å². The Balaban J connectivity index is 0.935. The molecule has 9 atom stereocenters. The number of amides is 2. The number of carboxylic acid groups (broad SMARTS) is 1. The summed E-state index contributed by atoms with van der Waals surface area (Å²) in [6.45, 7) is 2.51. The molecule has 9 rings (SSSR count). The van der Waals surface area contributed by atoms with E-state index in [1.807, 2.05) is 0 Å². The predicted octanol–water partition coefficient (Wildman–Crippen LogP) is 1.70. The Kier molecular flexibility index (Phi) is 14.9. The highest BCUT2D eigenvalue weighted by Crippen LogP contribution is 2.46. The molecule has 0 spiro atoms. The van der Waals surface area contributed by atoms with Crippen LogP contribution in [0, 0.1) is 24.6 Å². The minimum absolute atomic E-state index is 0.0104. The first-order chi connectivity index (χ1) is 35.0. The fourth-order valence-corrected chi connectivity index (χ4v) is 10.1. The minimum Gasteiger partial charge on any atom is -0.479 e. The van der Waals surface area contributed by atoms with Gasteiger partial charge in [0.1, 0.15) is 55.4 Å². The van der Waals surface area contributed by atoms with E-state index in [2.05, 4.69) is 27.8 Å². The number of benzene rings is 2. The molecule has 4 aromatic rings. The van der Waals surface area contributed by atoms with Crippen LogP contribution >= 0.6 is 0 Å². The first-order valence-corrected chi connectivity index (χ1v) is 24.3. The van der Waals surface area contributed by atoms with Gasteiger partial charge in [-0.25, -0.2) is 23.8 Å². The average molecular weight is 1010 g/mol. The summed E-state index contributed by atoms with van der Waals surface area (Å²) >= 11 is 0. The summed E-state index contributed by atoms with van der Waals surface area (Å²) in [5, 5.41) is 71.9. The topological polar surface area (TPSA) is 307 Å². The van der Waals surface area contributed by atoms with E-state index in [1.54, 1.807) is 19.9 Å². The molecule has 0 saturated carbocycles. The molecule has 1 fully saturated rings. The molecule has 388 valence electrons. The normalized spacial score (nSPS) is 25.4. The summed E-state index contributed by atoms with van der Waals surface area (Å²) < 4.78 is 44.7. The van der Waals surface area contributed by atoms with E-state index < -0.39 is 90.5 Å². The Morgan fingerprint density at radius 1 is 1.03 bits per heavy atom. The zero-order valence-electron chi connectivity index (χ0n) is 39.9. The van der Waals surface area contributed by atoms with Gasteiger partial charge in [-0.2, -0.15) is 0 Å². The van der Waals surface area contributed by atoms with Crippen molar-refractivity contribution in [3.63, 3.8) is 0 Å². The molecule has 2 amide bonds. The third-order valence-corrected chi connectivity index (χ3v) is 14.2. The van der Waals surface area contributed by atoms with Crippen molar-refractivity contribution >= 4 is 34.8 Å². The van der Waals surface area contributed by atoms with Gasteiger partial charge in [0.2, 0.25) is 6.29 Å². The molecule has 21 nitrogen and oxygen atoms in total. The van der Waals surface area contributed by atoms with E-state index in [4.69, 9.17) is 28.7 Å². The average Bonchev–Trinajstić information content (AvgIpc) is 3.73. The summed E-state index contributed by atoms with van der Waals surface area (Å²) in [5.41, 5.74) is 0.877. The lowest BCUT2D eigenvalue weighted by atomic mass is 9.81.